The number of aromatic nitrogens is 1. The minimum absolute atomic E-state index is 0.245. The largest absolute Gasteiger partial charge is 0.357 e. The molecular formula is C11H11ClFN. The van der Waals surface area contributed by atoms with Crippen molar-refractivity contribution in [2.24, 2.45) is 0 Å². The highest BCUT2D eigenvalue weighted by Crippen LogP contribution is 2.31. The average Bonchev–Trinajstić information content (AvgIpc) is 2.43. The molecule has 0 saturated carbocycles. The van der Waals surface area contributed by atoms with Crippen LogP contribution < -0.4 is 0 Å². The summed E-state index contributed by atoms with van der Waals surface area (Å²) >= 11 is 6.15. The standard InChI is InChI=1S/C11H11ClFN/c1-6(2)11-10(12)8-4-3-7(13)5-9(8)14-11/h3-6,14H,1-2H3. The van der Waals surface area contributed by atoms with E-state index in [9.17, 15) is 4.39 Å². The maximum Gasteiger partial charge on any atom is 0.125 e. The molecule has 2 rings (SSSR count). The average molecular weight is 212 g/mol. The van der Waals surface area contributed by atoms with E-state index in [0.717, 1.165) is 16.6 Å². The molecule has 0 spiro atoms. The third-order valence-corrected chi connectivity index (χ3v) is 2.71. The van der Waals surface area contributed by atoms with Gasteiger partial charge in [0.2, 0.25) is 0 Å². The second-order valence-corrected chi connectivity index (χ2v) is 4.08. The van der Waals surface area contributed by atoms with Gasteiger partial charge in [-0.25, -0.2) is 4.39 Å². The molecule has 1 nitrogen and oxygen atoms in total. The molecule has 14 heavy (non-hydrogen) atoms. The van der Waals surface area contributed by atoms with Gasteiger partial charge in [0.15, 0.2) is 0 Å². The lowest BCUT2D eigenvalue weighted by atomic mass is 10.1. The van der Waals surface area contributed by atoms with Gasteiger partial charge in [-0.2, -0.15) is 0 Å². The number of H-pyrrole nitrogens is 1. The van der Waals surface area contributed by atoms with Crippen molar-refractivity contribution in [3.63, 3.8) is 0 Å². The Kier molecular flexibility index (Phi) is 2.23. The van der Waals surface area contributed by atoms with E-state index in [-0.39, 0.29) is 5.82 Å². The lowest BCUT2D eigenvalue weighted by molar-refractivity contribution is 0.629. The zero-order chi connectivity index (χ0) is 10.3. The fourth-order valence-electron chi connectivity index (χ4n) is 1.55. The molecule has 1 aromatic heterocycles. The van der Waals surface area contributed by atoms with E-state index >= 15 is 0 Å². The summed E-state index contributed by atoms with van der Waals surface area (Å²) in [5.41, 5.74) is 1.73. The molecule has 0 saturated heterocycles. The van der Waals surface area contributed by atoms with Gasteiger partial charge in [0.1, 0.15) is 5.82 Å². The van der Waals surface area contributed by atoms with Gasteiger partial charge >= 0.3 is 0 Å². The quantitative estimate of drug-likeness (QED) is 0.732. The van der Waals surface area contributed by atoms with Crippen molar-refractivity contribution in [1.29, 1.82) is 0 Å². The maximum atomic E-state index is 12.9. The monoisotopic (exact) mass is 211 g/mol. The van der Waals surface area contributed by atoms with Crippen LogP contribution in [0.2, 0.25) is 5.02 Å². The molecule has 0 unspecified atom stereocenters. The fraction of sp³-hybridized carbons (Fsp3) is 0.273. The van der Waals surface area contributed by atoms with Crippen molar-refractivity contribution in [1.82, 2.24) is 4.98 Å². The molecule has 0 fully saturated rings. The molecule has 74 valence electrons. The first-order valence-corrected chi connectivity index (χ1v) is 4.94. The molecule has 1 N–H and O–H groups in total. The number of nitrogens with one attached hydrogen (secondary N) is 1. The highest BCUT2D eigenvalue weighted by molar-refractivity contribution is 6.36. The lowest BCUT2D eigenvalue weighted by Gasteiger charge is -2.00. The molecule has 1 aromatic carbocycles. The van der Waals surface area contributed by atoms with Gasteiger partial charge in [-0.3, -0.25) is 0 Å². The topological polar surface area (TPSA) is 15.8 Å². The second kappa shape index (κ2) is 3.28. The van der Waals surface area contributed by atoms with Crippen molar-refractivity contribution in [3.8, 4) is 0 Å². The van der Waals surface area contributed by atoms with E-state index in [4.69, 9.17) is 11.6 Å². The van der Waals surface area contributed by atoms with E-state index < -0.39 is 0 Å². The Balaban J connectivity index is 2.73. The van der Waals surface area contributed by atoms with Crippen LogP contribution in [0.5, 0.6) is 0 Å². The first-order chi connectivity index (χ1) is 6.59. The third-order valence-electron chi connectivity index (χ3n) is 2.30. The molecule has 3 heteroatoms. The smallest absolute Gasteiger partial charge is 0.125 e. The Morgan fingerprint density at radius 2 is 2.07 bits per heavy atom. The van der Waals surface area contributed by atoms with Crippen molar-refractivity contribution in [3.05, 3.63) is 34.7 Å². The molecule has 0 radical (unpaired) electrons. The Morgan fingerprint density at radius 1 is 1.36 bits per heavy atom. The van der Waals surface area contributed by atoms with E-state index in [0.29, 0.717) is 10.9 Å². The van der Waals surface area contributed by atoms with Gasteiger partial charge in [-0.05, 0) is 24.1 Å². The van der Waals surface area contributed by atoms with Crippen LogP contribution in [0, 0.1) is 5.82 Å². The predicted octanol–water partition coefficient (Wildman–Crippen LogP) is 4.08. The molecule has 0 atom stereocenters. The van der Waals surface area contributed by atoms with Crippen LogP contribution in [-0.2, 0) is 0 Å². The summed E-state index contributed by atoms with van der Waals surface area (Å²) in [7, 11) is 0. The Hall–Kier alpha value is -1.02. The highest BCUT2D eigenvalue weighted by atomic mass is 35.5. The van der Waals surface area contributed by atoms with E-state index in [2.05, 4.69) is 4.98 Å². The summed E-state index contributed by atoms with van der Waals surface area (Å²) in [6.45, 7) is 4.10. The Labute approximate surface area is 86.9 Å². The van der Waals surface area contributed by atoms with Crippen LogP contribution in [0.15, 0.2) is 18.2 Å². The van der Waals surface area contributed by atoms with Crippen LogP contribution in [0.4, 0.5) is 4.39 Å². The normalized spacial score (nSPS) is 11.5. The van der Waals surface area contributed by atoms with Crippen LogP contribution >= 0.6 is 11.6 Å². The number of halogens is 2. The van der Waals surface area contributed by atoms with E-state index in [1.54, 1.807) is 6.07 Å². The zero-order valence-electron chi connectivity index (χ0n) is 8.07. The van der Waals surface area contributed by atoms with Crippen molar-refractivity contribution in [2.45, 2.75) is 19.8 Å². The van der Waals surface area contributed by atoms with Crippen LogP contribution in [0.3, 0.4) is 0 Å². The minimum Gasteiger partial charge on any atom is -0.357 e. The third kappa shape index (κ3) is 1.40. The molecule has 0 bridgehead atoms. The maximum absolute atomic E-state index is 12.9. The number of rotatable bonds is 1. The van der Waals surface area contributed by atoms with E-state index in [1.807, 2.05) is 13.8 Å². The first-order valence-electron chi connectivity index (χ1n) is 4.56. The molecule has 2 aromatic rings. The summed E-state index contributed by atoms with van der Waals surface area (Å²) < 4.78 is 12.9. The van der Waals surface area contributed by atoms with Gasteiger partial charge in [-0.1, -0.05) is 25.4 Å². The Bertz CT molecular complexity index is 473. The van der Waals surface area contributed by atoms with Crippen molar-refractivity contribution in [2.75, 3.05) is 0 Å². The second-order valence-electron chi connectivity index (χ2n) is 3.70. The zero-order valence-corrected chi connectivity index (χ0v) is 8.82. The molecule has 1 heterocycles. The van der Waals surface area contributed by atoms with Gasteiger partial charge in [0, 0.05) is 11.1 Å². The van der Waals surface area contributed by atoms with Crippen LogP contribution in [-0.4, -0.2) is 4.98 Å². The predicted molar refractivity (Wildman–Crippen MR) is 57.4 cm³/mol. The number of benzene rings is 1. The van der Waals surface area contributed by atoms with Crippen molar-refractivity contribution >= 4 is 22.5 Å². The summed E-state index contributed by atoms with van der Waals surface area (Å²) in [6.07, 6.45) is 0. The molecule has 0 aliphatic heterocycles. The van der Waals surface area contributed by atoms with Crippen LogP contribution in [0.1, 0.15) is 25.5 Å². The lowest BCUT2D eigenvalue weighted by Crippen LogP contribution is -1.86. The number of hydrogen-bond acceptors (Lipinski definition) is 0. The molecule has 0 aliphatic rings. The summed E-state index contributed by atoms with van der Waals surface area (Å²) in [5, 5.41) is 1.59. The van der Waals surface area contributed by atoms with Gasteiger partial charge in [-0.15, -0.1) is 0 Å². The molecule has 0 aliphatic carbocycles. The number of fused-ring (bicyclic) bond motifs is 1. The fourth-order valence-corrected chi connectivity index (χ4v) is 1.98. The molecule has 0 amide bonds. The highest BCUT2D eigenvalue weighted by Gasteiger charge is 2.12. The Morgan fingerprint density at radius 3 is 2.71 bits per heavy atom. The van der Waals surface area contributed by atoms with Crippen molar-refractivity contribution < 1.29 is 4.39 Å². The minimum atomic E-state index is -0.245. The van der Waals surface area contributed by atoms with Gasteiger partial charge < -0.3 is 4.98 Å². The van der Waals surface area contributed by atoms with Gasteiger partial charge in [0.25, 0.3) is 0 Å². The summed E-state index contributed by atoms with van der Waals surface area (Å²) in [6, 6.07) is 4.59. The first kappa shape index (κ1) is 9.53. The number of aromatic amines is 1. The summed E-state index contributed by atoms with van der Waals surface area (Å²) in [4.78, 5) is 3.13. The SMILES string of the molecule is CC(C)c1[nH]c2cc(F)ccc2c1Cl. The number of hydrogen-bond donors (Lipinski definition) is 1. The van der Waals surface area contributed by atoms with Crippen LogP contribution in [0.25, 0.3) is 10.9 Å². The van der Waals surface area contributed by atoms with E-state index in [1.165, 1.54) is 12.1 Å². The summed E-state index contributed by atoms with van der Waals surface area (Å²) in [5.74, 6) is 0.0729. The molecular weight excluding hydrogens is 201 g/mol. The van der Waals surface area contributed by atoms with Gasteiger partial charge in [0.05, 0.1) is 10.5 Å².